The third-order valence-corrected chi connectivity index (χ3v) is 5.70. The van der Waals surface area contributed by atoms with E-state index in [0.717, 1.165) is 43.2 Å². The average Bonchev–Trinajstić information content (AvgIpc) is 3.08. The van der Waals surface area contributed by atoms with E-state index in [-0.39, 0.29) is 23.5 Å². The Balaban J connectivity index is 1.65. The van der Waals surface area contributed by atoms with Crippen LogP contribution in [-0.4, -0.2) is 40.2 Å². The van der Waals surface area contributed by atoms with Crippen molar-refractivity contribution in [2.75, 3.05) is 12.3 Å². The minimum Gasteiger partial charge on any atom is -0.480 e. The number of amides is 1. The van der Waals surface area contributed by atoms with Crippen LogP contribution in [0.5, 0.6) is 0 Å². The zero-order chi connectivity index (χ0) is 16.6. The van der Waals surface area contributed by atoms with Crippen LogP contribution in [0.25, 0.3) is 0 Å². The monoisotopic (exact) mass is 341 g/mol. The first kappa shape index (κ1) is 16.2. The summed E-state index contributed by atoms with van der Waals surface area (Å²) in [5.74, 6) is -2.76. The van der Waals surface area contributed by atoms with E-state index in [1.165, 1.54) is 11.0 Å². The highest BCUT2D eigenvalue weighted by atomic mass is 32.2. The number of carbonyl (C=O) groups is 2. The molecule has 1 aliphatic heterocycles. The third kappa shape index (κ3) is 3.20. The van der Waals surface area contributed by atoms with Crippen molar-refractivity contribution in [1.29, 1.82) is 0 Å². The Bertz CT molecular complexity index is 640. The molecule has 3 atom stereocenters. The van der Waals surface area contributed by atoms with Gasteiger partial charge in [0.15, 0.2) is 11.6 Å². The minimum atomic E-state index is -0.957. The molecule has 0 bridgehead atoms. The standard InChI is InChI=1S/C16H17F2NO3S/c17-12-5-4-10(6-13(12)18)23-8-14(20)19-7-9-2-1-3-11(9)15(19)16(21)22/h4-6,9,11,15H,1-3,7-8H2,(H,21,22). The molecule has 3 unspecified atom stereocenters. The second-order valence-corrected chi connectivity index (χ2v) is 7.10. The molecule has 3 rings (SSSR count). The number of hydrogen-bond acceptors (Lipinski definition) is 3. The van der Waals surface area contributed by atoms with E-state index in [4.69, 9.17) is 0 Å². The highest BCUT2D eigenvalue weighted by molar-refractivity contribution is 8.00. The van der Waals surface area contributed by atoms with Gasteiger partial charge in [-0.3, -0.25) is 4.79 Å². The fourth-order valence-electron chi connectivity index (χ4n) is 3.67. The predicted molar refractivity (Wildman–Crippen MR) is 81.0 cm³/mol. The Morgan fingerprint density at radius 3 is 2.74 bits per heavy atom. The molecule has 0 radical (unpaired) electrons. The van der Waals surface area contributed by atoms with Crippen LogP contribution < -0.4 is 0 Å². The summed E-state index contributed by atoms with van der Waals surface area (Å²) in [6.45, 7) is 0.485. The van der Waals surface area contributed by atoms with E-state index in [2.05, 4.69) is 0 Å². The van der Waals surface area contributed by atoms with Crippen molar-refractivity contribution in [1.82, 2.24) is 4.90 Å². The molecule has 2 fully saturated rings. The fraction of sp³-hybridized carbons (Fsp3) is 0.500. The Labute approximate surface area is 136 Å². The van der Waals surface area contributed by atoms with Gasteiger partial charge in [0.2, 0.25) is 5.91 Å². The highest BCUT2D eigenvalue weighted by Gasteiger charge is 2.49. The Morgan fingerprint density at radius 2 is 2.04 bits per heavy atom. The number of carbonyl (C=O) groups excluding carboxylic acids is 1. The van der Waals surface area contributed by atoms with Gasteiger partial charge in [-0.25, -0.2) is 13.6 Å². The maximum atomic E-state index is 13.2. The van der Waals surface area contributed by atoms with Gasteiger partial charge in [-0.1, -0.05) is 6.42 Å². The van der Waals surface area contributed by atoms with Crippen LogP contribution in [-0.2, 0) is 9.59 Å². The van der Waals surface area contributed by atoms with Gasteiger partial charge in [0, 0.05) is 11.4 Å². The maximum Gasteiger partial charge on any atom is 0.326 e. The molecule has 23 heavy (non-hydrogen) atoms. The lowest BCUT2D eigenvalue weighted by molar-refractivity contribution is -0.148. The molecule has 1 saturated heterocycles. The van der Waals surface area contributed by atoms with Crippen LogP contribution >= 0.6 is 11.8 Å². The quantitative estimate of drug-likeness (QED) is 0.856. The lowest BCUT2D eigenvalue weighted by atomic mass is 9.94. The van der Waals surface area contributed by atoms with Crippen molar-refractivity contribution >= 4 is 23.6 Å². The van der Waals surface area contributed by atoms with Crippen LogP contribution in [0.1, 0.15) is 19.3 Å². The first-order chi connectivity index (χ1) is 11.0. The number of fused-ring (bicyclic) bond motifs is 1. The predicted octanol–water partition coefficient (Wildman–Crippen LogP) is 2.77. The average molecular weight is 341 g/mol. The number of hydrogen-bond donors (Lipinski definition) is 1. The topological polar surface area (TPSA) is 57.6 Å². The second-order valence-electron chi connectivity index (χ2n) is 6.05. The van der Waals surface area contributed by atoms with Crippen molar-refractivity contribution in [2.24, 2.45) is 11.8 Å². The number of carboxylic acid groups (broad SMARTS) is 1. The number of aliphatic carboxylic acids is 1. The molecule has 1 N–H and O–H groups in total. The van der Waals surface area contributed by atoms with Crippen molar-refractivity contribution in [3.05, 3.63) is 29.8 Å². The molecule has 0 spiro atoms. The zero-order valence-electron chi connectivity index (χ0n) is 12.4. The molecule has 1 aromatic rings. The summed E-state index contributed by atoms with van der Waals surface area (Å²) >= 11 is 1.09. The van der Waals surface area contributed by atoms with Crippen molar-refractivity contribution in [3.8, 4) is 0 Å². The van der Waals surface area contributed by atoms with E-state index in [1.807, 2.05) is 0 Å². The maximum absolute atomic E-state index is 13.2. The highest BCUT2D eigenvalue weighted by Crippen LogP contribution is 2.42. The van der Waals surface area contributed by atoms with Crippen LogP contribution in [0.2, 0.25) is 0 Å². The fourth-order valence-corrected chi connectivity index (χ4v) is 4.48. The van der Waals surface area contributed by atoms with E-state index >= 15 is 0 Å². The second kappa shape index (κ2) is 6.47. The Hall–Kier alpha value is -1.63. The molecule has 1 saturated carbocycles. The van der Waals surface area contributed by atoms with Gasteiger partial charge in [0.05, 0.1) is 5.75 Å². The number of carboxylic acids is 1. The summed E-state index contributed by atoms with van der Waals surface area (Å²) in [5.41, 5.74) is 0. The Morgan fingerprint density at radius 1 is 1.26 bits per heavy atom. The minimum absolute atomic E-state index is 0.0221. The van der Waals surface area contributed by atoms with E-state index in [0.29, 0.717) is 11.4 Å². The van der Waals surface area contributed by atoms with Gasteiger partial charge in [0.1, 0.15) is 6.04 Å². The molecule has 1 aliphatic carbocycles. The summed E-state index contributed by atoms with van der Waals surface area (Å²) in [7, 11) is 0. The summed E-state index contributed by atoms with van der Waals surface area (Å²) < 4.78 is 26.1. The van der Waals surface area contributed by atoms with Gasteiger partial charge in [-0.15, -0.1) is 11.8 Å². The van der Waals surface area contributed by atoms with Crippen molar-refractivity contribution < 1.29 is 23.5 Å². The molecule has 2 aliphatic rings. The number of benzene rings is 1. The molecular weight excluding hydrogens is 324 g/mol. The first-order valence-corrected chi connectivity index (χ1v) is 8.56. The van der Waals surface area contributed by atoms with Crippen LogP contribution in [0.15, 0.2) is 23.1 Å². The normalized spacial score (nSPS) is 26.3. The lowest BCUT2D eigenvalue weighted by Gasteiger charge is -2.24. The number of rotatable bonds is 4. The summed E-state index contributed by atoms with van der Waals surface area (Å²) in [6.07, 6.45) is 2.83. The first-order valence-electron chi connectivity index (χ1n) is 7.57. The van der Waals surface area contributed by atoms with E-state index in [1.54, 1.807) is 0 Å². The molecule has 1 amide bonds. The molecule has 7 heteroatoms. The number of likely N-dealkylation sites (tertiary alicyclic amines) is 1. The van der Waals surface area contributed by atoms with Gasteiger partial charge < -0.3 is 10.0 Å². The number of thioether (sulfide) groups is 1. The smallest absolute Gasteiger partial charge is 0.326 e. The Kier molecular flexibility index (Phi) is 4.57. The largest absolute Gasteiger partial charge is 0.480 e. The van der Waals surface area contributed by atoms with Gasteiger partial charge in [-0.2, -0.15) is 0 Å². The number of halogens is 2. The molecule has 124 valence electrons. The summed E-state index contributed by atoms with van der Waals surface area (Å²) in [6, 6.07) is 2.72. The van der Waals surface area contributed by atoms with Gasteiger partial charge in [0.25, 0.3) is 0 Å². The zero-order valence-corrected chi connectivity index (χ0v) is 13.2. The summed E-state index contributed by atoms with van der Waals surface area (Å²) in [5, 5.41) is 9.44. The van der Waals surface area contributed by atoms with Crippen LogP contribution in [0.3, 0.4) is 0 Å². The molecule has 0 aromatic heterocycles. The van der Waals surface area contributed by atoms with Crippen LogP contribution in [0.4, 0.5) is 8.78 Å². The number of nitrogens with zero attached hydrogens (tertiary/aromatic N) is 1. The van der Waals surface area contributed by atoms with E-state index in [9.17, 15) is 23.5 Å². The van der Waals surface area contributed by atoms with Crippen molar-refractivity contribution in [2.45, 2.75) is 30.2 Å². The third-order valence-electron chi connectivity index (χ3n) is 4.72. The molecular formula is C16H17F2NO3S. The van der Waals surface area contributed by atoms with Crippen LogP contribution in [0, 0.1) is 23.5 Å². The van der Waals surface area contributed by atoms with E-state index < -0.39 is 23.6 Å². The summed E-state index contributed by atoms with van der Waals surface area (Å²) in [4.78, 5) is 25.8. The van der Waals surface area contributed by atoms with Gasteiger partial charge in [-0.05, 0) is 42.9 Å². The molecule has 1 aromatic carbocycles. The molecule has 4 nitrogen and oxygen atoms in total. The van der Waals surface area contributed by atoms with Gasteiger partial charge >= 0.3 is 5.97 Å². The SMILES string of the molecule is O=C(O)C1C2CCCC2CN1C(=O)CSc1ccc(F)c(F)c1. The molecule has 1 heterocycles. The lowest BCUT2D eigenvalue weighted by Crippen LogP contribution is -2.44. The van der Waals surface area contributed by atoms with Crippen molar-refractivity contribution in [3.63, 3.8) is 0 Å².